The fourth-order valence-corrected chi connectivity index (χ4v) is 3.17. The minimum absolute atomic E-state index is 0.0674. The number of hydrogen-bond acceptors (Lipinski definition) is 2. The quantitative estimate of drug-likeness (QED) is 0.683. The van der Waals surface area contributed by atoms with Gasteiger partial charge < -0.3 is 15.5 Å². The molecule has 1 saturated heterocycles. The van der Waals surface area contributed by atoms with Crippen LogP contribution < -0.4 is 5.73 Å². The maximum Gasteiger partial charge on any atom is 0.303 e. The van der Waals surface area contributed by atoms with Gasteiger partial charge in [-0.15, -0.1) is 0 Å². The molecular formula is C12H21N3O. The summed E-state index contributed by atoms with van der Waals surface area (Å²) < 4.78 is 0. The summed E-state index contributed by atoms with van der Waals surface area (Å²) in [6.45, 7) is 14.8. The van der Waals surface area contributed by atoms with Crippen LogP contribution in [0.3, 0.4) is 0 Å². The normalized spacial score (nSPS) is 23.9. The minimum atomic E-state index is -0.261. The molecule has 1 amide bonds. The molecule has 0 aromatic heterocycles. The molecule has 2 N–H and O–H groups in total. The van der Waals surface area contributed by atoms with Crippen molar-refractivity contribution in [2.45, 2.75) is 57.7 Å². The predicted molar refractivity (Wildman–Crippen MR) is 63.7 cm³/mol. The molecule has 1 fully saturated rings. The van der Waals surface area contributed by atoms with Crippen molar-refractivity contribution < 1.29 is 4.79 Å². The van der Waals surface area contributed by atoms with Gasteiger partial charge in [0, 0.05) is 17.1 Å². The van der Waals surface area contributed by atoms with Crippen molar-refractivity contribution in [3.8, 4) is 0 Å². The van der Waals surface area contributed by atoms with Gasteiger partial charge >= 0.3 is 5.91 Å². The Morgan fingerprint density at radius 1 is 1.38 bits per heavy atom. The Labute approximate surface area is 97.6 Å². The SMILES string of the molecule is [C-]#[N+]CC(=O)N1C(C)(C)CC(N)CC1(C)C. The van der Waals surface area contributed by atoms with Gasteiger partial charge in [-0.05, 0) is 40.5 Å². The van der Waals surface area contributed by atoms with Crippen LogP contribution in [-0.4, -0.2) is 34.5 Å². The molecule has 0 saturated carbocycles. The monoisotopic (exact) mass is 223 g/mol. The maximum absolute atomic E-state index is 12.0. The van der Waals surface area contributed by atoms with Crippen LogP contribution >= 0.6 is 0 Å². The highest BCUT2D eigenvalue weighted by atomic mass is 16.2. The van der Waals surface area contributed by atoms with E-state index in [1.54, 1.807) is 0 Å². The summed E-state index contributed by atoms with van der Waals surface area (Å²) in [5, 5.41) is 0. The van der Waals surface area contributed by atoms with Gasteiger partial charge in [0.15, 0.2) is 0 Å². The van der Waals surface area contributed by atoms with E-state index in [1.807, 2.05) is 32.6 Å². The molecule has 16 heavy (non-hydrogen) atoms. The molecule has 0 unspecified atom stereocenters. The third-order valence-corrected chi connectivity index (χ3v) is 3.20. The van der Waals surface area contributed by atoms with Crippen molar-refractivity contribution in [2.24, 2.45) is 5.73 Å². The van der Waals surface area contributed by atoms with Crippen molar-refractivity contribution >= 4 is 5.91 Å². The largest absolute Gasteiger partial charge is 0.328 e. The molecule has 0 aliphatic carbocycles. The van der Waals surface area contributed by atoms with Crippen LogP contribution in [0.4, 0.5) is 0 Å². The highest BCUT2D eigenvalue weighted by molar-refractivity contribution is 5.81. The third-order valence-electron chi connectivity index (χ3n) is 3.20. The number of rotatable bonds is 1. The topological polar surface area (TPSA) is 50.7 Å². The molecule has 90 valence electrons. The van der Waals surface area contributed by atoms with Gasteiger partial charge in [-0.2, -0.15) is 0 Å². The molecule has 1 heterocycles. The van der Waals surface area contributed by atoms with Gasteiger partial charge in [0.1, 0.15) is 0 Å². The number of nitrogens with two attached hydrogens (primary N) is 1. The smallest absolute Gasteiger partial charge is 0.303 e. The lowest BCUT2D eigenvalue weighted by Crippen LogP contribution is -2.65. The molecule has 4 nitrogen and oxygen atoms in total. The van der Waals surface area contributed by atoms with E-state index < -0.39 is 0 Å². The molecule has 0 aromatic rings. The molecule has 0 radical (unpaired) electrons. The highest BCUT2D eigenvalue weighted by Crippen LogP contribution is 2.37. The summed E-state index contributed by atoms with van der Waals surface area (Å²) in [6.07, 6.45) is 1.58. The summed E-state index contributed by atoms with van der Waals surface area (Å²) in [4.78, 5) is 17.0. The predicted octanol–water partition coefficient (Wildman–Crippen LogP) is 1.41. The zero-order valence-corrected chi connectivity index (χ0v) is 10.6. The molecule has 1 aliphatic heterocycles. The molecule has 0 atom stereocenters. The van der Waals surface area contributed by atoms with Crippen LogP contribution in [0.15, 0.2) is 0 Å². The summed E-state index contributed by atoms with van der Waals surface area (Å²) in [6, 6.07) is 0.127. The van der Waals surface area contributed by atoms with E-state index in [0.29, 0.717) is 0 Å². The Bertz CT molecular complexity index is 310. The van der Waals surface area contributed by atoms with Gasteiger partial charge in [-0.1, -0.05) is 0 Å². The average molecular weight is 223 g/mol. The zero-order valence-electron chi connectivity index (χ0n) is 10.6. The van der Waals surface area contributed by atoms with Crippen LogP contribution in [0, 0.1) is 6.57 Å². The first-order valence-electron chi connectivity index (χ1n) is 5.63. The Balaban J connectivity index is 3.02. The first-order valence-corrected chi connectivity index (χ1v) is 5.63. The van der Waals surface area contributed by atoms with Gasteiger partial charge in [-0.25, -0.2) is 6.57 Å². The maximum atomic E-state index is 12.0. The lowest BCUT2D eigenvalue weighted by atomic mass is 9.77. The lowest BCUT2D eigenvalue weighted by Gasteiger charge is -2.54. The number of carbonyl (C=O) groups excluding carboxylic acids is 1. The first-order chi connectivity index (χ1) is 7.20. The van der Waals surface area contributed by atoms with Crippen molar-refractivity contribution in [1.29, 1.82) is 0 Å². The Morgan fingerprint density at radius 2 is 1.81 bits per heavy atom. The van der Waals surface area contributed by atoms with Crippen molar-refractivity contribution in [1.82, 2.24) is 4.90 Å². The van der Waals surface area contributed by atoms with Crippen LogP contribution in [-0.2, 0) is 4.79 Å². The fourth-order valence-electron chi connectivity index (χ4n) is 3.17. The Hall–Kier alpha value is -1.08. The van der Waals surface area contributed by atoms with E-state index in [1.165, 1.54) is 0 Å². The van der Waals surface area contributed by atoms with Crippen molar-refractivity contribution in [3.05, 3.63) is 11.4 Å². The second kappa shape index (κ2) is 4.06. The van der Waals surface area contributed by atoms with Crippen molar-refractivity contribution in [2.75, 3.05) is 6.54 Å². The molecule has 0 bridgehead atoms. The van der Waals surface area contributed by atoms with Crippen LogP contribution in [0.2, 0.25) is 0 Å². The number of amides is 1. The molecule has 4 heteroatoms. The zero-order chi connectivity index (χ0) is 12.6. The number of likely N-dealkylation sites (tertiary alicyclic amines) is 1. The number of piperidine rings is 1. The van der Waals surface area contributed by atoms with Crippen LogP contribution in [0.5, 0.6) is 0 Å². The van der Waals surface area contributed by atoms with E-state index in [9.17, 15) is 4.79 Å². The first kappa shape index (κ1) is 13.0. The van der Waals surface area contributed by atoms with Crippen molar-refractivity contribution in [3.63, 3.8) is 0 Å². The Kier molecular flexibility index (Phi) is 3.30. The average Bonchev–Trinajstić information content (AvgIpc) is 1.96. The number of nitrogens with zero attached hydrogens (tertiary/aromatic N) is 2. The summed E-state index contributed by atoms with van der Waals surface area (Å²) in [7, 11) is 0. The summed E-state index contributed by atoms with van der Waals surface area (Å²) in [5.41, 5.74) is 5.50. The highest BCUT2D eigenvalue weighted by Gasteiger charge is 2.47. The van der Waals surface area contributed by atoms with Gasteiger partial charge in [-0.3, -0.25) is 4.79 Å². The number of hydrogen-bond donors (Lipinski definition) is 1. The number of carbonyl (C=O) groups is 1. The van der Waals surface area contributed by atoms with E-state index in [-0.39, 0.29) is 29.6 Å². The van der Waals surface area contributed by atoms with Gasteiger partial charge in [0.2, 0.25) is 0 Å². The van der Waals surface area contributed by atoms with Crippen LogP contribution in [0.1, 0.15) is 40.5 Å². The fraction of sp³-hybridized carbons (Fsp3) is 0.833. The van der Waals surface area contributed by atoms with Gasteiger partial charge in [0.25, 0.3) is 6.54 Å². The molecule has 0 spiro atoms. The lowest BCUT2D eigenvalue weighted by molar-refractivity contribution is -0.147. The van der Waals surface area contributed by atoms with E-state index >= 15 is 0 Å². The molecule has 0 aromatic carbocycles. The molecular weight excluding hydrogens is 202 g/mol. The Morgan fingerprint density at radius 3 is 2.19 bits per heavy atom. The van der Waals surface area contributed by atoms with E-state index in [2.05, 4.69) is 4.85 Å². The van der Waals surface area contributed by atoms with Gasteiger partial charge in [0.05, 0.1) is 0 Å². The minimum Gasteiger partial charge on any atom is -0.328 e. The second-order valence-electron chi connectivity index (χ2n) is 5.84. The van der Waals surface area contributed by atoms with Crippen LogP contribution in [0.25, 0.3) is 4.85 Å². The van der Waals surface area contributed by atoms with E-state index in [0.717, 1.165) is 12.8 Å². The van der Waals surface area contributed by atoms with E-state index in [4.69, 9.17) is 12.3 Å². The summed E-state index contributed by atoms with van der Waals surface area (Å²) in [5.74, 6) is -0.0862. The molecule has 1 aliphatic rings. The second-order valence-corrected chi connectivity index (χ2v) is 5.84. The summed E-state index contributed by atoms with van der Waals surface area (Å²) >= 11 is 0. The third kappa shape index (κ3) is 2.35. The molecule has 1 rings (SSSR count). The standard InChI is InChI=1S/C12H21N3O/c1-11(2)6-9(13)7-12(3,4)15(11)10(16)8-14-5/h9H,6-8,13H2,1-4H3.